The van der Waals surface area contributed by atoms with Crippen LogP contribution in [0, 0.1) is 0 Å². The van der Waals surface area contributed by atoms with E-state index in [1.807, 2.05) is 30.3 Å². The number of halogens is 2. The molecule has 5 heteroatoms. The molecular formula is C14H10BrClO2S. The van der Waals surface area contributed by atoms with Gasteiger partial charge in [0, 0.05) is 15.1 Å². The third kappa shape index (κ3) is 3.75. The molecule has 0 radical (unpaired) electrons. The Kier molecular flexibility index (Phi) is 4.91. The van der Waals surface area contributed by atoms with E-state index >= 15 is 0 Å². The third-order valence-corrected chi connectivity index (χ3v) is 4.67. The number of hydrogen-bond donors (Lipinski definition) is 1. The van der Waals surface area contributed by atoms with Gasteiger partial charge in [0.25, 0.3) is 0 Å². The van der Waals surface area contributed by atoms with E-state index in [9.17, 15) is 4.79 Å². The van der Waals surface area contributed by atoms with E-state index in [0.717, 1.165) is 15.1 Å². The first kappa shape index (κ1) is 14.4. The molecule has 0 aliphatic carbocycles. The molecule has 98 valence electrons. The molecule has 2 aromatic carbocycles. The Bertz CT molecular complexity index is 616. The molecule has 0 atom stereocenters. The van der Waals surface area contributed by atoms with Crippen LogP contribution in [0.25, 0.3) is 0 Å². The van der Waals surface area contributed by atoms with Crippen molar-refractivity contribution in [3.05, 3.63) is 63.1 Å². The van der Waals surface area contributed by atoms with Gasteiger partial charge >= 0.3 is 5.97 Å². The standard InChI is InChI=1S/C14H10BrClO2S/c15-12-4-2-1-3-9(12)8-19-10-5-6-13(16)11(7-10)14(17)18/h1-7H,8H2,(H,17,18). The Morgan fingerprint density at radius 2 is 2.00 bits per heavy atom. The van der Waals surface area contributed by atoms with E-state index in [-0.39, 0.29) is 10.6 Å². The first-order valence-electron chi connectivity index (χ1n) is 5.47. The molecule has 0 fully saturated rings. The van der Waals surface area contributed by atoms with Gasteiger partial charge in [-0.2, -0.15) is 0 Å². The van der Waals surface area contributed by atoms with E-state index in [2.05, 4.69) is 15.9 Å². The van der Waals surface area contributed by atoms with Crippen LogP contribution in [0.5, 0.6) is 0 Å². The summed E-state index contributed by atoms with van der Waals surface area (Å²) in [7, 11) is 0. The quantitative estimate of drug-likeness (QED) is 0.774. The monoisotopic (exact) mass is 356 g/mol. The molecule has 0 saturated heterocycles. The molecule has 0 saturated carbocycles. The molecule has 0 spiro atoms. The van der Waals surface area contributed by atoms with E-state index < -0.39 is 5.97 Å². The molecule has 0 bridgehead atoms. The van der Waals surface area contributed by atoms with Crippen molar-refractivity contribution in [3.63, 3.8) is 0 Å². The van der Waals surface area contributed by atoms with Gasteiger partial charge in [-0.1, -0.05) is 45.7 Å². The molecule has 2 nitrogen and oxygen atoms in total. The third-order valence-electron chi connectivity index (χ3n) is 2.52. The van der Waals surface area contributed by atoms with Crippen molar-refractivity contribution in [2.75, 3.05) is 0 Å². The number of carboxylic acids is 1. The number of rotatable bonds is 4. The van der Waals surface area contributed by atoms with Crippen molar-refractivity contribution in [1.29, 1.82) is 0 Å². The summed E-state index contributed by atoms with van der Waals surface area (Å²) in [5, 5.41) is 9.28. The SMILES string of the molecule is O=C(O)c1cc(SCc2ccccc2Br)ccc1Cl. The maximum atomic E-state index is 11.0. The number of hydrogen-bond acceptors (Lipinski definition) is 2. The zero-order valence-electron chi connectivity index (χ0n) is 9.77. The van der Waals surface area contributed by atoms with Gasteiger partial charge in [0.2, 0.25) is 0 Å². The lowest BCUT2D eigenvalue weighted by Crippen LogP contribution is -1.97. The minimum atomic E-state index is -1.01. The lowest BCUT2D eigenvalue weighted by Gasteiger charge is -2.06. The van der Waals surface area contributed by atoms with Crippen molar-refractivity contribution in [3.8, 4) is 0 Å². The fourth-order valence-electron chi connectivity index (χ4n) is 1.53. The number of benzene rings is 2. The van der Waals surface area contributed by atoms with Gasteiger partial charge in [0.1, 0.15) is 0 Å². The second kappa shape index (κ2) is 6.46. The summed E-state index contributed by atoms with van der Waals surface area (Å²) in [6, 6.07) is 13.0. The van der Waals surface area contributed by atoms with Crippen LogP contribution in [0.4, 0.5) is 0 Å². The van der Waals surface area contributed by atoms with E-state index in [1.165, 1.54) is 5.56 Å². The van der Waals surface area contributed by atoms with Gasteiger partial charge < -0.3 is 5.11 Å². The molecular weight excluding hydrogens is 348 g/mol. The fraction of sp³-hybridized carbons (Fsp3) is 0.0714. The average Bonchev–Trinajstić information content (AvgIpc) is 2.39. The Labute approximate surface area is 128 Å². The highest BCUT2D eigenvalue weighted by atomic mass is 79.9. The summed E-state index contributed by atoms with van der Waals surface area (Å²) in [5.41, 5.74) is 1.30. The van der Waals surface area contributed by atoms with Crippen LogP contribution in [0.3, 0.4) is 0 Å². The van der Waals surface area contributed by atoms with Crippen LogP contribution in [0.15, 0.2) is 51.8 Å². The minimum absolute atomic E-state index is 0.138. The summed E-state index contributed by atoms with van der Waals surface area (Å²) in [6.07, 6.45) is 0. The lowest BCUT2D eigenvalue weighted by molar-refractivity contribution is 0.0697. The van der Waals surface area contributed by atoms with Crippen molar-refractivity contribution < 1.29 is 9.90 Å². The molecule has 0 heterocycles. The summed E-state index contributed by atoms with van der Waals surface area (Å²) >= 11 is 10.9. The highest BCUT2D eigenvalue weighted by Crippen LogP contribution is 2.29. The smallest absolute Gasteiger partial charge is 0.337 e. The fourth-order valence-corrected chi connectivity index (χ4v) is 3.28. The van der Waals surface area contributed by atoms with E-state index in [0.29, 0.717) is 0 Å². The summed E-state index contributed by atoms with van der Waals surface area (Å²) in [5.74, 6) is -0.240. The molecule has 2 rings (SSSR count). The molecule has 0 aromatic heterocycles. The van der Waals surface area contributed by atoms with Gasteiger partial charge in [-0.3, -0.25) is 0 Å². The Morgan fingerprint density at radius 1 is 1.26 bits per heavy atom. The van der Waals surface area contributed by atoms with Crippen molar-refractivity contribution in [2.45, 2.75) is 10.6 Å². The normalized spacial score (nSPS) is 10.4. The number of carbonyl (C=O) groups is 1. The molecule has 0 unspecified atom stereocenters. The number of aromatic carboxylic acids is 1. The van der Waals surface area contributed by atoms with E-state index in [4.69, 9.17) is 16.7 Å². The average molecular weight is 358 g/mol. The van der Waals surface area contributed by atoms with Crippen LogP contribution in [-0.4, -0.2) is 11.1 Å². The molecule has 1 N–H and O–H groups in total. The van der Waals surface area contributed by atoms with Crippen LogP contribution in [-0.2, 0) is 5.75 Å². The van der Waals surface area contributed by atoms with Gasteiger partial charge in [0.15, 0.2) is 0 Å². The van der Waals surface area contributed by atoms with Crippen molar-refractivity contribution in [2.24, 2.45) is 0 Å². The second-order valence-corrected chi connectivity index (χ2v) is 6.14. The summed E-state index contributed by atoms with van der Waals surface area (Å²) in [4.78, 5) is 11.9. The first-order chi connectivity index (χ1) is 9.08. The molecule has 0 aliphatic heterocycles. The zero-order valence-corrected chi connectivity index (χ0v) is 12.9. The second-order valence-electron chi connectivity index (χ2n) is 3.83. The van der Waals surface area contributed by atoms with Crippen molar-refractivity contribution in [1.82, 2.24) is 0 Å². The zero-order chi connectivity index (χ0) is 13.8. The molecule has 19 heavy (non-hydrogen) atoms. The maximum Gasteiger partial charge on any atom is 0.337 e. The Hall–Kier alpha value is -0.970. The first-order valence-corrected chi connectivity index (χ1v) is 7.62. The number of carboxylic acid groups (broad SMARTS) is 1. The van der Waals surface area contributed by atoms with Gasteiger partial charge in [-0.05, 0) is 29.8 Å². The molecule has 0 amide bonds. The molecule has 0 aliphatic rings. The van der Waals surface area contributed by atoms with E-state index in [1.54, 1.807) is 23.9 Å². The minimum Gasteiger partial charge on any atom is -0.478 e. The largest absolute Gasteiger partial charge is 0.478 e. The Morgan fingerprint density at radius 3 is 2.68 bits per heavy atom. The highest BCUT2D eigenvalue weighted by Gasteiger charge is 2.10. The van der Waals surface area contributed by atoms with Gasteiger partial charge in [-0.15, -0.1) is 11.8 Å². The highest BCUT2D eigenvalue weighted by molar-refractivity contribution is 9.10. The lowest BCUT2D eigenvalue weighted by atomic mass is 10.2. The molecule has 2 aromatic rings. The Balaban J connectivity index is 2.14. The predicted octanol–water partition coefficient (Wildman–Crippen LogP) is 5.09. The maximum absolute atomic E-state index is 11.0. The van der Waals surface area contributed by atoms with Crippen LogP contribution in [0.1, 0.15) is 15.9 Å². The predicted molar refractivity (Wildman–Crippen MR) is 82.1 cm³/mol. The van der Waals surface area contributed by atoms with Crippen molar-refractivity contribution >= 4 is 45.3 Å². The number of thioether (sulfide) groups is 1. The van der Waals surface area contributed by atoms with Crippen LogP contribution < -0.4 is 0 Å². The summed E-state index contributed by atoms with van der Waals surface area (Å²) in [6.45, 7) is 0. The van der Waals surface area contributed by atoms with Crippen LogP contribution in [0.2, 0.25) is 5.02 Å². The summed E-state index contributed by atoms with van der Waals surface area (Å²) < 4.78 is 1.05. The van der Waals surface area contributed by atoms with Crippen LogP contribution >= 0.6 is 39.3 Å². The topological polar surface area (TPSA) is 37.3 Å². The van der Waals surface area contributed by atoms with Gasteiger partial charge in [-0.25, -0.2) is 4.79 Å². The van der Waals surface area contributed by atoms with Gasteiger partial charge in [0.05, 0.1) is 10.6 Å².